The summed E-state index contributed by atoms with van der Waals surface area (Å²) in [5.41, 5.74) is 4.83. The molecule has 0 amide bonds. The molecule has 0 bridgehead atoms. The van der Waals surface area contributed by atoms with Crippen molar-refractivity contribution in [2.24, 2.45) is 5.73 Å². The Bertz CT molecular complexity index is 394. The Labute approximate surface area is 92.2 Å². The zero-order valence-electron chi connectivity index (χ0n) is 8.93. The van der Waals surface area contributed by atoms with Crippen LogP contribution in [0.3, 0.4) is 0 Å². The van der Waals surface area contributed by atoms with E-state index >= 15 is 0 Å². The zero-order valence-corrected chi connectivity index (χ0v) is 8.93. The number of ether oxygens (including phenoxy) is 1. The van der Waals surface area contributed by atoms with E-state index in [1.54, 1.807) is 0 Å². The first-order valence-corrected chi connectivity index (χ1v) is 4.83. The normalized spacial score (nSPS) is 10.5. The van der Waals surface area contributed by atoms with Crippen LogP contribution in [0.1, 0.15) is 15.9 Å². The van der Waals surface area contributed by atoms with Gasteiger partial charge in [0.25, 0.3) is 0 Å². The topological polar surface area (TPSA) is 52.3 Å². The number of nitrogens with two attached hydrogens (primary N) is 1. The van der Waals surface area contributed by atoms with Gasteiger partial charge in [0.15, 0.2) is 5.78 Å². The van der Waals surface area contributed by atoms with Gasteiger partial charge in [0, 0.05) is 6.54 Å². The summed E-state index contributed by atoms with van der Waals surface area (Å²) in [4.78, 5) is 11.5. The molecule has 1 aromatic rings. The van der Waals surface area contributed by atoms with Crippen molar-refractivity contribution in [2.75, 3.05) is 19.8 Å². The van der Waals surface area contributed by atoms with Gasteiger partial charge in [-0.1, -0.05) is 6.07 Å². The molecule has 0 fully saturated rings. The third-order valence-corrected chi connectivity index (χ3v) is 2.06. The molecule has 0 unspecified atom stereocenters. The molecule has 16 heavy (non-hydrogen) atoms. The van der Waals surface area contributed by atoms with Gasteiger partial charge in [-0.25, -0.2) is 8.78 Å². The van der Waals surface area contributed by atoms with Crippen molar-refractivity contribution < 1.29 is 18.3 Å². The maximum atomic E-state index is 13.5. The highest BCUT2D eigenvalue weighted by molar-refractivity contribution is 5.97. The molecule has 0 aliphatic carbocycles. The first-order chi connectivity index (χ1) is 7.57. The van der Waals surface area contributed by atoms with Crippen LogP contribution >= 0.6 is 0 Å². The Morgan fingerprint density at radius 1 is 1.44 bits per heavy atom. The summed E-state index contributed by atoms with van der Waals surface area (Å²) in [7, 11) is 0. The second kappa shape index (κ2) is 5.67. The summed E-state index contributed by atoms with van der Waals surface area (Å²) < 4.78 is 31.6. The Morgan fingerprint density at radius 3 is 2.75 bits per heavy atom. The van der Waals surface area contributed by atoms with Crippen LogP contribution in [0.5, 0.6) is 0 Å². The minimum absolute atomic E-state index is 0.181. The van der Waals surface area contributed by atoms with E-state index in [0.29, 0.717) is 0 Å². The number of Topliss-reactive ketones (excluding diaryl/α,β-unsaturated/α-hetero) is 1. The molecule has 0 saturated carbocycles. The average molecular weight is 229 g/mol. The van der Waals surface area contributed by atoms with E-state index in [1.807, 2.05) is 0 Å². The predicted octanol–water partition coefficient (Wildman–Crippen LogP) is 1.43. The largest absolute Gasteiger partial charge is 0.372 e. The van der Waals surface area contributed by atoms with Crippen LogP contribution in [0, 0.1) is 18.6 Å². The fraction of sp³-hybridized carbons (Fsp3) is 0.364. The van der Waals surface area contributed by atoms with Crippen molar-refractivity contribution in [1.29, 1.82) is 0 Å². The highest BCUT2D eigenvalue weighted by atomic mass is 19.1. The van der Waals surface area contributed by atoms with Gasteiger partial charge in [-0.05, 0) is 18.6 Å². The van der Waals surface area contributed by atoms with E-state index in [4.69, 9.17) is 10.5 Å². The molecule has 0 heterocycles. The molecule has 0 spiro atoms. The molecule has 88 valence electrons. The van der Waals surface area contributed by atoms with Crippen LogP contribution in [0.25, 0.3) is 0 Å². The lowest BCUT2D eigenvalue weighted by molar-refractivity contribution is 0.0765. The molecule has 1 aromatic carbocycles. The Balaban J connectivity index is 2.86. The molecule has 1 rings (SSSR count). The molecular weight excluding hydrogens is 216 g/mol. The minimum Gasteiger partial charge on any atom is -0.372 e. The molecule has 0 aliphatic rings. The van der Waals surface area contributed by atoms with Crippen molar-refractivity contribution in [2.45, 2.75) is 6.92 Å². The lowest BCUT2D eigenvalue weighted by Crippen LogP contribution is -2.17. The van der Waals surface area contributed by atoms with Crippen LogP contribution < -0.4 is 5.73 Å². The minimum atomic E-state index is -0.871. The molecule has 5 heteroatoms. The fourth-order valence-corrected chi connectivity index (χ4v) is 1.23. The summed E-state index contributed by atoms with van der Waals surface area (Å²) in [5.74, 6) is -2.42. The van der Waals surface area contributed by atoms with Crippen molar-refractivity contribution >= 4 is 5.78 Å². The Morgan fingerprint density at radius 2 is 2.12 bits per heavy atom. The van der Waals surface area contributed by atoms with Gasteiger partial charge in [0.2, 0.25) is 0 Å². The van der Waals surface area contributed by atoms with Crippen molar-refractivity contribution in [1.82, 2.24) is 0 Å². The number of carbonyl (C=O) groups is 1. The summed E-state index contributed by atoms with van der Waals surface area (Å²) in [6, 6.07) is 2.34. The smallest absolute Gasteiger partial charge is 0.194 e. The first kappa shape index (κ1) is 12.7. The molecule has 2 N–H and O–H groups in total. The van der Waals surface area contributed by atoms with Crippen LogP contribution in [-0.2, 0) is 4.74 Å². The van der Waals surface area contributed by atoms with Gasteiger partial charge in [0.05, 0.1) is 12.2 Å². The Hall–Kier alpha value is -1.33. The maximum Gasteiger partial charge on any atom is 0.194 e. The molecule has 0 aliphatic heterocycles. The average Bonchev–Trinajstić information content (AvgIpc) is 2.24. The molecular formula is C11H13F2NO2. The third-order valence-electron chi connectivity index (χ3n) is 2.06. The quantitative estimate of drug-likeness (QED) is 0.614. The number of hydrogen-bond acceptors (Lipinski definition) is 3. The molecule has 3 nitrogen and oxygen atoms in total. The second-order valence-electron chi connectivity index (χ2n) is 3.32. The highest BCUT2D eigenvalue weighted by Crippen LogP contribution is 2.16. The number of halogens is 2. The van der Waals surface area contributed by atoms with E-state index < -0.39 is 23.0 Å². The highest BCUT2D eigenvalue weighted by Gasteiger charge is 2.18. The van der Waals surface area contributed by atoms with E-state index in [-0.39, 0.29) is 25.3 Å². The number of carbonyl (C=O) groups excluding carboxylic acids is 1. The van der Waals surface area contributed by atoms with Crippen molar-refractivity contribution in [3.8, 4) is 0 Å². The van der Waals surface area contributed by atoms with Crippen LogP contribution in [-0.4, -0.2) is 25.5 Å². The Kier molecular flexibility index (Phi) is 4.52. The van der Waals surface area contributed by atoms with E-state index in [0.717, 1.165) is 6.07 Å². The lowest BCUT2D eigenvalue weighted by Gasteiger charge is -2.06. The van der Waals surface area contributed by atoms with Gasteiger partial charge >= 0.3 is 0 Å². The third kappa shape index (κ3) is 2.84. The molecule has 0 saturated heterocycles. The van der Waals surface area contributed by atoms with E-state index in [2.05, 4.69) is 0 Å². The second-order valence-corrected chi connectivity index (χ2v) is 3.32. The number of ketones is 1. The number of rotatable bonds is 5. The van der Waals surface area contributed by atoms with Crippen LogP contribution in [0.2, 0.25) is 0 Å². The monoisotopic (exact) mass is 229 g/mol. The maximum absolute atomic E-state index is 13.5. The van der Waals surface area contributed by atoms with Gasteiger partial charge in [0.1, 0.15) is 18.2 Å². The molecule has 0 radical (unpaired) electrons. The molecule has 0 aromatic heterocycles. The van der Waals surface area contributed by atoms with Crippen LogP contribution in [0.15, 0.2) is 12.1 Å². The van der Waals surface area contributed by atoms with E-state index in [1.165, 1.54) is 13.0 Å². The van der Waals surface area contributed by atoms with E-state index in [9.17, 15) is 13.6 Å². The summed E-state index contributed by atoms with van der Waals surface area (Å²) >= 11 is 0. The predicted molar refractivity (Wildman–Crippen MR) is 55.3 cm³/mol. The standard InChI is InChI=1S/C11H13F2NO2/c1-7-2-3-8(12)10(11(7)13)9(15)6-16-5-4-14/h2-3H,4-6,14H2,1H3. The fourth-order valence-electron chi connectivity index (χ4n) is 1.23. The summed E-state index contributed by atoms with van der Waals surface area (Å²) in [6.07, 6.45) is 0. The SMILES string of the molecule is Cc1ccc(F)c(C(=O)COCCN)c1F. The number of benzene rings is 1. The van der Waals surface area contributed by atoms with Crippen LogP contribution in [0.4, 0.5) is 8.78 Å². The first-order valence-electron chi connectivity index (χ1n) is 4.83. The number of aryl methyl sites for hydroxylation is 1. The zero-order chi connectivity index (χ0) is 12.1. The lowest BCUT2D eigenvalue weighted by atomic mass is 10.1. The van der Waals surface area contributed by atoms with Gasteiger partial charge < -0.3 is 10.5 Å². The van der Waals surface area contributed by atoms with Crippen molar-refractivity contribution in [3.63, 3.8) is 0 Å². The van der Waals surface area contributed by atoms with Gasteiger partial charge in [-0.3, -0.25) is 4.79 Å². The molecule has 0 atom stereocenters. The summed E-state index contributed by atoms with van der Waals surface area (Å²) in [5, 5.41) is 0. The number of hydrogen-bond donors (Lipinski definition) is 1. The van der Waals surface area contributed by atoms with Crippen molar-refractivity contribution in [3.05, 3.63) is 34.9 Å². The summed E-state index contributed by atoms with van der Waals surface area (Å²) in [6.45, 7) is 1.54. The van der Waals surface area contributed by atoms with Gasteiger partial charge in [-0.2, -0.15) is 0 Å². The van der Waals surface area contributed by atoms with Gasteiger partial charge in [-0.15, -0.1) is 0 Å².